The van der Waals surface area contributed by atoms with Crippen molar-refractivity contribution in [2.45, 2.75) is 6.61 Å². The Morgan fingerprint density at radius 2 is 2.00 bits per heavy atom. The normalized spacial score (nSPS) is 10.9. The van der Waals surface area contributed by atoms with Crippen molar-refractivity contribution < 1.29 is 14.4 Å². The molecule has 27 heavy (non-hydrogen) atoms. The summed E-state index contributed by atoms with van der Waals surface area (Å²) in [6.45, 7) is 0.215. The molecule has 0 saturated heterocycles. The number of carbonyl (C=O) groups excluding carboxylic acids is 1. The Hall–Kier alpha value is -1.83. The van der Waals surface area contributed by atoms with E-state index in [1.165, 1.54) is 14.2 Å². The SMILES string of the molecule is CNC(=O)/C(=N/OC)c1ccccc1COc1ccc(C=C(Br)Br)cc1Cl. The molecular formula is C19H17Br2ClN2O3. The van der Waals surface area contributed by atoms with E-state index in [1.807, 2.05) is 30.3 Å². The summed E-state index contributed by atoms with van der Waals surface area (Å²) in [6, 6.07) is 12.8. The summed E-state index contributed by atoms with van der Waals surface area (Å²) in [4.78, 5) is 16.9. The summed E-state index contributed by atoms with van der Waals surface area (Å²) >= 11 is 12.9. The zero-order valence-electron chi connectivity index (χ0n) is 14.6. The Labute approximate surface area is 179 Å². The van der Waals surface area contributed by atoms with Gasteiger partial charge in [-0.3, -0.25) is 4.79 Å². The summed E-state index contributed by atoms with van der Waals surface area (Å²) in [5.74, 6) is 0.193. The number of hydrogen-bond donors (Lipinski definition) is 1. The van der Waals surface area contributed by atoms with Crippen LogP contribution in [0.3, 0.4) is 0 Å². The summed E-state index contributed by atoms with van der Waals surface area (Å²) in [5.41, 5.74) is 2.50. The standard InChI is InChI=1S/C19H17Br2ClN2O3/c1-23-19(25)18(24-26-2)14-6-4-3-5-13(14)11-27-16-8-7-12(9-15(16)22)10-17(20)21/h3-10H,11H2,1-2H3,(H,23,25)/b24-18+. The lowest BCUT2D eigenvalue weighted by Gasteiger charge is -2.13. The maximum atomic E-state index is 12.1. The molecule has 0 saturated carbocycles. The van der Waals surface area contributed by atoms with E-state index in [9.17, 15) is 4.79 Å². The summed E-state index contributed by atoms with van der Waals surface area (Å²) in [5, 5.41) is 6.89. The highest BCUT2D eigenvalue weighted by atomic mass is 79.9. The molecule has 0 spiro atoms. The summed E-state index contributed by atoms with van der Waals surface area (Å²) in [6.07, 6.45) is 1.88. The molecule has 0 aliphatic carbocycles. The van der Waals surface area contributed by atoms with Crippen LogP contribution in [0.5, 0.6) is 5.75 Å². The Kier molecular flexibility index (Phi) is 8.34. The van der Waals surface area contributed by atoms with Crippen LogP contribution in [-0.4, -0.2) is 25.8 Å². The van der Waals surface area contributed by atoms with Crippen LogP contribution < -0.4 is 10.1 Å². The molecule has 142 valence electrons. The topological polar surface area (TPSA) is 59.9 Å². The van der Waals surface area contributed by atoms with Crippen molar-refractivity contribution >= 4 is 61.2 Å². The van der Waals surface area contributed by atoms with Crippen LogP contribution in [0.2, 0.25) is 5.02 Å². The van der Waals surface area contributed by atoms with Crippen molar-refractivity contribution in [2.75, 3.05) is 14.2 Å². The highest BCUT2D eigenvalue weighted by Gasteiger charge is 2.17. The van der Waals surface area contributed by atoms with Gasteiger partial charge in [-0.05, 0) is 61.2 Å². The summed E-state index contributed by atoms with van der Waals surface area (Å²) < 4.78 is 6.67. The second-order valence-corrected chi connectivity index (χ2v) is 8.45. The van der Waals surface area contributed by atoms with Gasteiger partial charge in [0.05, 0.1) is 8.41 Å². The van der Waals surface area contributed by atoms with Gasteiger partial charge in [0.2, 0.25) is 0 Å². The fourth-order valence-electron chi connectivity index (χ4n) is 2.31. The van der Waals surface area contributed by atoms with Crippen molar-refractivity contribution in [2.24, 2.45) is 5.16 Å². The number of benzene rings is 2. The first-order valence-corrected chi connectivity index (χ1v) is 9.79. The predicted octanol–water partition coefficient (Wildman–Crippen LogP) is 5.10. The van der Waals surface area contributed by atoms with Gasteiger partial charge < -0.3 is 14.9 Å². The van der Waals surface area contributed by atoms with Crippen LogP contribution in [0.4, 0.5) is 0 Å². The highest BCUT2D eigenvalue weighted by Crippen LogP contribution is 2.29. The second-order valence-electron chi connectivity index (χ2n) is 5.27. The monoisotopic (exact) mass is 514 g/mol. The predicted molar refractivity (Wildman–Crippen MR) is 116 cm³/mol. The van der Waals surface area contributed by atoms with Crippen LogP contribution in [-0.2, 0) is 16.2 Å². The molecule has 0 aliphatic heterocycles. The van der Waals surface area contributed by atoms with Crippen LogP contribution in [0.15, 0.2) is 51.0 Å². The van der Waals surface area contributed by atoms with Gasteiger partial charge >= 0.3 is 0 Å². The van der Waals surface area contributed by atoms with E-state index in [0.29, 0.717) is 16.3 Å². The Balaban J connectivity index is 2.26. The maximum absolute atomic E-state index is 12.1. The first-order valence-electron chi connectivity index (χ1n) is 7.82. The Morgan fingerprint density at radius 1 is 1.26 bits per heavy atom. The first-order chi connectivity index (χ1) is 13.0. The molecule has 0 aliphatic rings. The van der Waals surface area contributed by atoms with Crippen LogP contribution in [0.1, 0.15) is 16.7 Å². The van der Waals surface area contributed by atoms with Crippen molar-refractivity contribution in [3.63, 3.8) is 0 Å². The van der Waals surface area contributed by atoms with E-state index < -0.39 is 0 Å². The Morgan fingerprint density at radius 3 is 2.63 bits per heavy atom. The van der Waals surface area contributed by atoms with Gasteiger partial charge in [-0.15, -0.1) is 0 Å². The number of rotatable bonds is 7. The minimum absolute atomic E-state index is 0.174. The van der Waals surface area contributed by atoms with Crippen LogP contribution in [0.25, 0.3) is 6.08 Å². The van der Waals surface area contributed by atoms with E-state index in [-0.39, 0.29) is 18.2 Å². The van der Waals surface area contributed by atoms with E-state index in [2.05, 4.69) is 42.3 Å². The number of nitrogens with one attached hydrogen (secondary N) is 1. The molecule has 1 N–H and O–H groups in total. The number of oxime groups is 1. The van der Waals surface area contributed by atoms with Gasteiger partial charge in [0, 0.05) is 12.6 Å². The van der Waals surface area contributed by atoms with Gasteiger partial charge in [-0.1, -0.05) is 47.1 Å². The number of likely N-dealkylation sites (N-methyl/N-ethyl adjacent to an activating group) is 1. The lowest BCUT2D eigenvalue weighted by Crippen LogP contribution is -2.29. The third-order valence-electron chi connectivity index (χ3n) is 3.51. The van der Waals surface area contributed by atoms with E-state index in [4.69, 9.17) is 21.2 Å². The van der Waals surface area contributed by atoms with E-state index >= 15 is 0 Å². The van der Waals surface area contributed by atoms with Crippen molar-refractivity contribution in [3.8, 4) is 5.75 Å². The minimum Gasteiger partial charge on any atom is -0.487 e. The molecule has 0 radical (unpaired) electrons. The third kappa shape index (κ3) is 6.09. The number of nitrogens with zero attached hydrogens (tertiary/aromatic N) is 1. The minimum atomic E-state index is -0.348. The van der Waals surface area contributed by atoms with Gasteiger partial charge in [-0.25, -0.2) is 0 Å². The maximum Gasteiger partial charge on any atom is 0.273 e. The average Bonchev–Trinajstić information content (AvgIpc) is 2.65. The second kappa shape index (κ2) is 10.5. The largest absolute Gasteiger partial charge is 0.487 e. The zero-order chi connectivity index (χ0) is 19.8. The number of ether oxygens (including phenoxy) is 1. The number of hydrogen-bond acceptors (Lipinski definition) is 4. The smallest absolute Gasteiger partial charge is 0.273 e. The molecule has 0 atom stereocenters. The zero-order valence-corrected chi connectivity index (χ0v) is 18.6. The highest BCUT2D eigenvalue weighted by molar-refractivity contribution is 9.28. The van der Waals surface area contributed by atoms with Gasteiger partial charge in [0.15, 0.2) is 5.71 Å². The molecule has 2 rings (SSSR count). The number of amides is 1. The molecule has 0 unspecified atom stereocenters. The van der Waals surface area contributed by atoms with Gasteiger partial charge in [0.1, 0.15) is 19.5 Å². The number of halogens is 3. The van der Waals surface area contributed by atoms with Crippen molar-refractivity contribution in [3.05, 3.63) is 67.6 Å². The molecule has 0 aromatic heterocycles. The first kappa shape index (κ1) is 21.5. The van der Waals surface area contributed by atoms with E-state index in [1.54, 1.807) is 18.2 Å². The van der Waals surface area contributed by atoms with Crippen LogP contribution >= 0.6 is 43.5 Å². The molecule has 0 bridgehead atoms. The molecule has 2 aromatic rings. The molecule has 0 heterocycles. The fourth-order valence-corrected chi connectivity index (χ4v) is 3.08. The average molecular weight is 517 g/mol. The molecule has 5 nitrogen and oxygen atoms in total. The summed E-state index contributed by atoms with van der Waals surface area (Å²) in [7, 11) is 2.93. The van der Waals surface area contributed by atoms with Crippen molar-refractivity contribution in [1.82, 2.24) is 5.32 Å². The Bertz CT molecular complexity index is 881. The molecule has 1 amide bonds. The quantitative estimate of drug-likeness (QED) is 0.411. The lowest BCUT2D eigenvalue weighted by atomic mass is 10.0. The molecule has 2 aromatic carbocycles. The number of carbonyl (C=O) groups is 1. The lowest BCUT2D eigenvalue weighted by molar-refractivity contribution is -0.114. The van der Waals surface area contributed by atoms with E-state index in [0.717, 1.165) is 14.5 Å². The third-order valence-corrected chi connectivity index (χ3v) is 4.27. The molecule has 8 heteroatoms. The molecule has 0 fully saturated rings. The van der Waals surface area contributed by atoms with Crippen LogP contribution in [0, 0.1) is 0 Å². The van der Waals surface area contributed by atoms with Gasteiger partial charge in [0.25, 0.3) is 5.91 Å². The van der Waals surface area contributed by atoms with Gasteiger partial charge in [-0.2, -0.15) is 0 Å². The molecular weight excluding hydrogens is 499 g/mol. The van der Waals surface area contributed by atoms with Crippen molar-refractivity contribution in [1.29, 1.82) is 0 Å². The fraction of sp³-hybridized carbons (Fsp3) is 0.158.